The van der Waals surface area contributed by atoms with E-state index >= 15 is 0 Å². The highest BCUT2D eigenvalue weighted by molar-refractivity contribution is 5.80. The van der Waals surface area contributed by atoms with E-state index in [-0.39, 0.29) is 0 Å². The number of aliphatic imine (C=N–C) groups is 1. The topological polar surface area (TPSA) is 37.4 Å². The summed E-state index contributed by atoms with van der Waals surface area (Å²) in [6.45, 7) is 11.2. The van der Waals surface area contributed by atoms with E-state index in [9.17, 15) is 0 Å². The van der Waals surface area contributed by atoms with E-state index in [1.54, 1.807) is 0 Å². The van der Waals surface area contributed by atoms with Gasteiger partial charge < -0.3 is 24.9 Å². The second-order valence-electron chi connectivity index (χ2n) is 7.64. The Hall–Kier alpha value is -1.79. The Bertz CT molecular complexity index is 567. The van der Waals surface area contributed by atoms with Crippen LogP contribution in [0.1, 0.15) is 12.8 Å². The average Bonchev–Trinajstić information content (AvgIpc) is 2.93. The Balaban J connectivity index is 1.36. The van der Waals surface area contributed by atoms with E-state index in [4.69, 9.17) is 0 Å². The lowest BCUT2D eigenvalue weighted by Crippen LogP contribution is -2.52. The van der Waals surface area contributed by atoms with E-state index in [2.05, 4.69) is 67.3 Å². The molecule has 150 valence electrons. The minimum atomic E-state index is 0.998. The molecule has 1 N–H and O–H groups in total. The van der Waals surface area contributed by atoms with Gasteiger partial charge in [-0.05, 0) is 51.7 Å². The fourth-order valence-corrected chi connectivity index (χ4v) is 3.97. The molecule has 0 aromatic heterocycles. The quantitative estimate of drug-likeness (QED) is 0.481. The molecule has 0 atom stereocenters. The van der Waals surface area contributed by atoms with Crippen molar-refractivity contribution in [2.24, 2.45) is 4.99 Å². The first-order valence-electron chi connectivity index (χ1n) is 10.4. The molecule has 2 aliphatic rings. The van der Waals surface area contributed by atoms with Gasteiger partial charge in [0.05, 0.1) is 0 Å². The Labute approximate surface area is 164 Å². The molecule has 2 aliphatic heterocycles. The minimum Gasteiger partial charge on any atom is -0.368 e. The van der Waals surface area contributed by atoms with Crippen molar-refractivity contribution in [1.29, 1.82) is 0 Å². The summed E-state index contributed by atoms with van der Waals surface area (Å²) >= 11 is 0. The number of nitrogens with one attached hydrogen (secondary N) is 1. The third-order valence-corrected chi connectivity index (χ3v) is 5.66. The molecule has 1 aromatic rings. The molecule has 0 bridgehead atoms. The van der Waals surface area contributed by atoms with Crippen LogP contribution in [0, 0.1) is 0 Å². The molecule has 6 heteroatoms. The first kappa shape index (κ1) is 20.0. The maximum absolute atomic E-state index is 4.51. The number of guanidine groups is 1. The molecule has 2 saturated heterocycles. The molecule has 0 saturated carbocycles. The molecule has 0 amide bonds. The van der Waals surface area contributed by atoms with Gasteiger partial charge in [0.25, 0.3) is 0 Å². The maximum Gasteiger partial charge on any atom is 0.193 e. The monoisotopic (exact) mass is 372 g/mol. The van der Waals surface area contributed by atoms with E-state index in [0.717, 1.165) is 38.7 Å². The number of anilines is 1. The van der Waals surface area contributed by atoms with Crippen molar-refractivity contribution in [3.8, 4) is 0 Å². The number of nitrogens with zero attached hydrogens (tertiary/aromatic N) is 5. The molecule has 2 fully saturated rings. The molecular weight excluding hydrogens is 336 g/mol. The molecule has 0 spiro atoms. The molecule has 0 unspecified atom stereocenters. The van der Waals surface area contributed by atoms with Gasteiger partial charge in [-0.2, -0.15) is 0 Å². The Morgan fingerprint density at radius 2 is 1.74 bits per heavy atom. The highest BCUT2D eigenvalue weighted by atomic mass is 15.3. The van der Waals surface area contributed by atoms with Crippen molar-refractivity contribution in [3.05, 3.63) is 30.3 Å². The lowest BCUT2D eigenvalue weighted by Gasteiger charge is -2.37. The third-order valence-electron chi connectivity index (χ3n) is 5.66. The lowest BCUT2D eigenvalue weighted by atomic mass is 10.2. The zero-order chi connectivity index (χ0) is 18.9. The Kier molecular flexibility index (Phi) is 7.78. The molecule has 27 heavy (non-hydrogen) atoms. The normalized spacial score (nSPS) is 20.6. The molecule has 6 nitrogen and oxygen atoms in total. The van der Waals surface area contributed by atoms with E-state index in [1.165, 1.54) is 51.3 Å². The van der Waals surface area contributed by atoms with Gasteiger partial charge in [-0.1, -0.05) is 18.2 Å². The molecule has 2 heterocycles. The van der Waals surface area contributed by atoms with Gasteiger partial charge in [0, 0.05) is 58.5 Å². The van der Waals surface area contributed by atoms with Crippen LogP contribution in [0.15, 0.2) is 35.3 Å². The molecular formula is C21H36N6. The van der Waals surface area contributed by atoms with Gasteiger partial charge >= 0.3 is 0 Å². The summed E-state index contributed by atoms with van der Waals surface area (Å²) in [7, 11) is 4.13. The highest BCUT2D eigenvalue weighted by Gasteiger charge is 2.19. The van der Waals surface area contributed by atoms with E-state index in [0.29, 0.717) is 0 Å². The van der Waals surface area contributed by atoms with E-state index < -0.39 is 0 Å². The predicted octanol–water partition coefficient (Wildman–Crippen LogP) is 1.41. The zero-order valence-electron chi connectivity index (χ0n) is 17.1. The summed E-state index contributed by atoms with van der Waals surface area (Å²) in [5.41, 5.74) is 1.32. The van der Waals surface area contributed by atoms with Gasteiger partial charge in [-0.3, -0.25) is 4.99 Å². The van der Waals surface area contributed by atoms with Gasteiger partial charge in [-0.15, -0.1) is 0 Å². The van der Waals surface area contributed by atoms with Crippen molar-refractivity contribution in [3.63, 3.8) is 0 Å². The smallest absolute Gasteiger partial charge is 0.193 e. The summed E-state index contributed by atoms with van der Waals surface area (Å²) in [6, 6.07) is 10.7. The van der Waals surface area contributed by atoms with Crippen molar-refractivity contribution < 1.29 is 0 Å². The summed E-state index contributed by atoms with van der Waals surface area (Å²) < 4.78 is 0. The first-order valence-corrected chi connectivity index (χ1v) is 10.4. The average molecular weight is 373 g/mol. The van der Waals surface area contributed by atoms with Crippen LogP contribution in [0.25, 0.3) is 0 Å². The van der Waals surface area contributed by atoms with Crippen molar-refractivity contribution in [2.75, 3.05) is 84.4 Å². The van der Waals surface area contributed by atoms with Gasteiger partial charge in [0.1, 0.15) is 0 Å². The largest absolute Gasteiger partial charge is 0.368 e. The number of hydrogen-bond donors (Lipinski definition) is 1. The molecule has 1 aromatic carbocycles. The third kappa shape index (κ3) is 6.11. The Morgan fingerprint density at radius 1 is 0.963 bits per heavy atom. The predicted molar refractivity (Wildman–Crippen MR) is 115 cm³/mol. The number of piperazine rings is 1. The lowest BCUT2D eigenvalue weighted by molar-refractivity contribution is 0.273. The van der Waals surface area contributed by atoms with Crippen LogP contribution in [-0.2, 0) is 0 Å². The van der Waals surface area contributed by atoms with Crippen LogP contribution in [-0.4, -0.2) is 100 Å². The number of likely N-dealkylation sites (N-methyl/N-ethyl adjacent to an activating group) is 1. The maximum atomic E-state index is 4.51. The van der Waals surface area contributed by atoms with Crippen LogP contribution in [0.2, 0.25) is 0 Å². The van der Waals surface area contributed by atoms with Gasteiger partial charge in [0.15, 0.2) is 5.96 Å². The zero-order valence-corrected chi connectivity index (χ0v) is 17.1. The molecule has 0 aliphatic carbocycles. The van der Waals surface area contributed by atoms with Crippen molar-refractivity contribution in [1.82, 2.24) is 20.0 Å². The SMILES string of the molecule is CN=C(NCCCN1CCCN(C)CC1)N1CCN(c2ccccc2)CC1. The van der Waals surface area contributed by atoms with Crippen LogP contribution in [0.3, 0.4) is 0 Å². The van der Waals surface area contributed by atoms with Crippen LogP contribution in [0.4, 0.5) is 5.69 Å². The van der Waals surface area contributed by atoms with Crippen LogP contribution >= 0.6 is 0 Å². The van der Waals surface area contributed by atoms with Crippen molar-refractivity contribution in [2.45, 2.75) is 12.8 Å². The van der Waals surface area contributed by atoms with Crippen molar-refractivity contribution >= 4 is 11.6 Å². The summed E-state index contributed by atoms with van der Waals surface area (Å²) in [5.74, 6) is 1.05. The summed E-state index contributed by atoms with van der Waals surface area (Å²) in [6.07, 6.45) is 2.46. The minimum absolute atomic E-state index is 0.998. The van der Waals surface area contributed by atoms with Crippen LogP contribution in [0.5, 0.6) is 0 Å². The number of hydrogen-bond acceptors (Lipinski definition) is 4. The van der Waals surface area contributed by atoms with Crippen LogP contribution < -0.4 is 10.2 Å². The fraction of sp³-hybridized carbons (Fsp3) is 0.667. The number of benzene rings is 1. The van der Waals surface area contributed by atoms with Gasteiger partial charge in [-0.25, -0.2) is 0 Å². The first-order chi connectivity index (χ1) is 13.3. The second kappa shape index (κ2) is 10.5. The standard InChI is InChI=1S/C21H36N6/c1-22-21(23-10-6-12-25-13-7-11-24(2)14-15-25)27-18-16-26(17-19-27)20-8-4-3-5-9-20/h3-5,8-9H,6-7,10-19H2,1-2H3,(H,22,23). The van der Waals surface area contributed by atoms with Gasteiger partial charge in [0.2, 0.25) is 0 Å². The Morgan fingerprint density at radius 3 is 2.48 bits per heavy atom. The molecule has 3 rings (SSSR count). The summed E-state index contributed by atoms with van der Waals surface area (Å²) in [5, 5.41) is 3.58. The summed E-state index contributed by atoms with van der Waals surface area (Å²) in [4.78, 5) is 14.4. The molecule has 0 radical (unpaired) electrons. The second-order valence-corrected chi connectivity index (χ2v) is 7.64. The number of para-hydroxylation sites is 1. The van der Waals surface area contributed by atoms with E-state index in [1.807, 2.05) is 7.05 Å². The fourth-order valence-electron chi connectivity index (χ4n) is 3.97. The number of rotatable bonds is 5. The highest BCUT2D eigenvalue weighted by Crippen LogP contribution is 2.15.